The van der Waals surface area contributed by atoms with Gasteiger partial charge in [-0.2, -0.15) is 5.10 Å². The van der Waals surface area contributed by atoms with E-state index in [1.165, 1.54) is 0 Å². The summed E-state index contributed by atoms with van der Waals surface area (Å²) in [5, 5.41) is 9.09. The van der Waals surface area contributed by atoms with Gasteiger partial charge in [-0.1, -0.05) is 0 Å². The van der Waals surface area contributed by atoms with Gasteiger partial charge in [0.1, 0.15) is 5.69 Å². The summed E-state index contributed by atoms with van der Waals surface area (Å²) in [5.41, 5.74) is 7.40. The lowest BCUT2D eigenvalue weighted by Gasteiger charge is -2.05. The Hall–Kier alpha value is -2.24. The van der Waals surface area contributed by atoms with Crippen LogP contribution in [0.2, 0.25) is 0 Å². The fourth-order valence-electron chi connectivity index (χ4n) is 1.50. The van der Waals surface area contributed by atoms with E-state index < -0.39 is 0 Å². The number of anilines is 2. The van der Waals surface area contributed by atoms with E-state index in [9.17, 15) is 4.79 Å². The minimum atomic E-state index is -0.194. The van der Waals surface area contributed by atoms with Gasteiger partial charge >= 0.3 is 0 Å². The Morgan fingerprint density at radius 1 is 1.69 bits per heavy atom. The third kappa shape index (κ3) is 1.90. The summed E-state index contributed by atoms with van der Waals surface area (Å²) in [7, 11) is 0. The van der Waals surface area contributed by atoms with Crippen LogP contribution in [-0.4, -0.2) is 20.7 Å². The second-order valence-electron chi connectivity index (χ2n) is 3.39. The molecular weight excluding hydrogens is 206 g/mol. The Kier molecular flexibility index (Phi) is 2.63. The van der Waals surface area contributed by atoms with E-state index >= 15 is 0 Å². The van der Waals surface area contributed by atoms with Crippen LogP contribution in [0.5, 0.6) is 0 Å². The smallest absolute Gasteiger partial charge is 0.272 e. The highest BCUT2D eigenvalue weighted by Crippen LogP contribution is 2.12. The Labute approximate surface area is 92.5 Å². The van der Waals surface area contributed by atoms with Crippen molar-refractivity contribution in [3.05, 3.63) is 30.4 Å². The highest BCUT2D eigenvalue weighted by Gasteiger charge is 2.12. The number of aromatic amines is 1. The lowest BCUT2D eigenvalue weighted by atomic mass is 10.3. The van der Waals surface area contributed by atoms with Crippen molar-refractivity contribution in [2.45, 2.75) is 13.5 Å². The summed E-state index contributed by atoms with van der Waals surface area (Å²) in [4.78, 5) is 11.9. The van der Waals surface area contributed by atoms with E-state index in [1.807, 2.05) is 6.92 Å². The lowest BCUT2D eigenvalue weighted by Crippen LogP contribution is -2.15. The van der Waals surface area contributed by atoms with E-state index in [4.69, 9.17) is 5.73 Å². The Morgan fingerprint density at radius 3 is 3.12 bits per heavy atom. The number of hydrogen-bond donors (Lipinski definition) is 3. The highest BCUT2D eigenvalue weighted by atomic mass is 16.1. The molecule has 0 saturated carbocycles. The molecule has 1 amide bonds. The fraction of sp³-hybridized carbons (Fsp3) is 0.200. The van der Waals surface area contributed by atoms with Crippen LogP contribution < -0.4 is 11.1 Å². The maximum Gasteiger partial charge on any atom is 0.272 e. The van der Waals surface area contributed by atoms with Gasteiger partial charge in [0.05, 0.1) is 17.6 Å². The van der Waals surface area contributed by atoms with Crippen molar-refractivity contribution in [1.29, 1.82) is 0 Å². The van der Waals surface area contributed by atoms with Gasteiger partial charge in [-0.05, 0) is 13.0 Å². The molecule has 0 aliphatic carbocycles. The first kappa shape index (κ1) is 10.3. The van der Waals surface area contributed by atoms with Crippen molar-refractivity contribution in [3.63, 3.8) is 0 Å². The first-order chi connectivity index (χ1) is 7.70. The number of nitrogens with one attached hydrogen (secondary N) is 2. The van der Waals surface area contributed by atoms with Crippen LogP contribution in [0.25, 0.3) is 0 Å². The molecule has 0 saturated heterocycles. The van der Waals surface area contributed by atoms with Crippen LogP contribution >= 0.6 is 0 Å². The van der Waals surface area contributed by atoms with E-state index in [-0.39, 0.29) is 5.91 Å². The zero-order valence-electron chi connectivity index (χ0n) is 8.90. The number of amides is 1. The second-order valence-corrected chi connectivity index (χ2v) is 3.39. The van der Waals surface area contributed by atoms with Crippen molar-refractivity contribution < 1.29 is 4.79 Å². The molecule has 6 nitrogen and oxygen atoms in total. The summed E-state index contributed by atoms with van der Waals surface area (Å²) in [6, 6.07) is 1.65. The third-order valence-corrected chi connectivity index (χ3v) is 2.25. The lowest BCUT2D eigenvalue weighted by molar-refractivity contribution is 0.101. The maximum absolute atomic E-state index is 11.9. The topological polar surface area (TPSA) is 88.7 Å². The Morgan fingerprint density at radius 2 is 2.50 bits per heavy atom. The minimum absolute atomic E-state index is 0.194. The van der Waals surface area contributed by atoms with Gasteiger partial charge in [0, 0.05) is 18.9 Å². The fourth-order valence-corrected chi connectivity index (χ4v) is 1.50. The van der Waals surface area contributed by atoms with Crippen LogP contribution in [0.1, 0.15) is 17.4 Å². The molecule has 2 heterocycles. The van der Waals surface area contributed by atoms with Gasteiger partial charge in [-0.25, -0.2) is 0 Å². The zero-order chi connectivity index (χ0) is 11.5. The quantitative estimate of drug-likeness (QED) is 0.721. The molecular formula is C10H13N5O. The number of H-pyrrole nitrogens is 1. The predicted molar refractivity (Wildman–Crippen MR) is 61.1 cm³/mol. The maximum atomic E-state index is 11.9. The molecule has 2 aromatic rings. The van der Waals surface area contributed by atoms with Crippen LogP contribution in [0.4, 0.5) is 11.4 Å². The van der Waals surface area contributed by atoms with Gasteiger partial charge in [-0.15, -0.1) is 0 Å². The molecule has 0 bridgehead atoms. The summed E-state index contributed by atoms with van der Waals surface area (Å²) < 4.78 is 1.80. The molecule has 0 radical (unpaired) electrons. The molecule has 0 unspecified atom stereocenters. The number of nitrogens with two attached hydrogens (primary N) is 1. The molecule has 0 aromatic carbocycles. The largest absolute Gasteiger partial charge is 0.397 e. The molecule has 2 aromatic heterocycles. The number of nitrogen functional groups attached to an aromatic ring is 1. The monoisotopic (exact) mass is 219 g/mol. The summed E-state index contributed by atoms with van der Waals surface area (Å²) in [6.45, 7) is 2.65. The molecule has 84 valence electrons. The van der Waals surface area contributed by atoms with Crippen molar-refractivity contribution in [2.24, 2.45) is 0 Å². The second kappa shape index (κ2) is 4.09. The van der Waals surface area contributed by atoms with Gasteiger partial charge in [-0.3, -0.25) is 9.89 Å². The molecule has 16 heavy (non-hydrogen) atoms. The third-order valence-electron chi connectivity index (χ3n) is 2.25. The summed E-state index contributed by atoms with van der Waals surface area (Å²) in [5.74, 6) is -0.194. The standard InChI is InChI=1S/C10H13N5O/c1-2-15-6-7(11)3-9(15)10(16)14-8-4-12-13-5-8/h3-6H,2,11H2,1H3,(H,12,13)(H,14,16). The van der Waals surface area contributed by atoms with Crippen LogP contribution in [0.15, 0.2) is 24.7 Å². The van der Waals surface area contributed by atoms with Gasteiger partial charge < -0.3 is 15.6 Å². The first-order valence-corrected chi connectivity index (χ1v) is 4.96. The van der Waals surface area contributed by atoms with E-state index in [1.54, 1.807) is 29.2 Å². The summed E-state index contributed by atoms with van der Waals surface area (Å²) in [6.07, 6.45) is 4.89. The average molecular weight is 219 g/mol. The van der Waals surface area contributed by atoms with E-state index in [2.05, 4.69) is 15.5 Å². The number of nitrogens with zero attached hydrogens (tertiary/aromatic N) is 2. The minimum Gasteiger partial charge on any atom is -0.397 e. The highest BCUT2D eigenvalue weighted by molar-refractivity contribution is 6.03. The summed E-state index contributed by atoms with van der Waals surface area (Å²) >= 11 is 0. The van der Waals surface area contributed by atoms with Crippen molar-refractivity contribution in [1.82, 2.24) is 14.8 Å². The van der Waals surface area contributed by atoms with E-state index in [0.29, 0.717) is 23.6 Å². The molecule has 0 fully saturated rings. The van der Waals surface area contributed by atoms with Gasteiger partial charge in [0.25, 0.3) is 5.91 Å². The van der Waals surface area contributed by atoms with Crippen molar-refractivity contribution >= 4 is 17.3 Å². The number of carbonyl (C=O) groups is 1. The number of aromatic nitrogens is 3. The Balaban J connectivity index is 2.20. The van der Waals surface area contributed by atoms with Gasteiger partial charge in [0.2, 0.25) is 0 Å². The number of aryl methyl sites for hydroxylation is 1. The van der Waals surface area contributed by atoms with Crippen molar-refractivity contribution in [2.75, 3.05) is 11.1 Å². The first-order valence-electron chi connectivity index (χ1n) is 4.96. The molecule has 2 rings (SSSR count). The normalized spacial score (nSPS) is 10.3. The number of rotatable bonds is 3. The number of carbonyl (C=O) groups excluding carboxylic acids is 1. The van der Waals surface area contributed by atoms with Crippen LogP contribution in [0.3, 0.4) is 0 Å². The van der Waals surface area contributed by atoms with Gasteiger partial charge in [0.15, 0.2) is 0 Å². The Bertz CT molecular complexity index is 485. The zero-order valence-corrected chi connectivity index (χ0v) is 8.90. The SMILES string of the molecule is CCn1cc(N)cc1C(=O)Nc1cn[nH]c1. The van der Waals surface area contributed by atoms with Crippen LogP contribution in [0, 0.1) is 0 Å². The molecule has 0 aliphatic rings. The predicted octanol–water partition coefficient (Wildman–Crippen LogP) is 1.07. The molecule has 4 N–H and O–H groups in total. The molecule has 0 aliphatic heterocycles. The van der Waals surface area contributed by atoms with E-state index in [0.717, 1.165) is 0 Å². The van der Waals surface area contributed by atoms with Crippen molar-refractivity contribution in [3.8, 4) is 0 Å². The van der Waals surface area contributed by atoms with Crippen LogP contribution in [-0.2, 0) is 6.54 Å². The molecule has 6 heteroatoms. The average Bonchev–Trinajstić information content (AvgIpc) is 2.86. The number of hydrogen-bond acceptors (Lipinski definition) is 3. The molecule has 0 spiro atoms. The molecule has 0 atom stereocenters.